The first kappa shape index (κ1) is 19.6. The zero-order chi connectivity index (χ0) is 18.6. The van der Waals surface area contributed by atoms with Crippen molar-refractivity contribution < 1.29 is 18.7 Å². The molecule has 1 heterocycles. The summed E-state index contributed by atoms with van der Waals surface area (Å²) in [4.78, 5) is 12.0. The number of carbonyl (C=O) groups is 1. The Morgan fingerprint density at radius 1 is 1.20 bits per heavy atom. The van der Waals surface area contributed by atoms with Gasteiger partial charge in [-0.05, 0) is 37.5 Å². The monoisotopic (exact) mass is 362 g/mol. The molecule has 0 unspecified atom stereocenters. The third-order valence-corrected chi connectivity index (χ3v) is 5.01. The SMILES string of the molecule is CO/C(O[Si](C)(C)C)=C(\Cc1ccccc1)C[C@@H]1C(=O)O[C@H]1C(C)C. The van der Waals surface area contributed by atoms with Gasteiger partial charge in [-0.15, -0.1) is 0 Å². The van der Waals surface area contributed by atoms with E-state index in [1.807, 2.05) is 18.2 Å². The van der Waals surface area contributed by atoms with Gasteiger partial charge in [0.2, 0.25) is 8.32 Å². The molecule has 1 aromatic carbocycles. The maximum atomic E-state index is 12.0. The van der Waals surface area contributed by atoms with Gasteiger partial charge in [0.1, 0.15) is 6.10 Å². The molecule has 2 rings (SSSR count). The van der Waals surface area contributed by atoms with Crippen molar-refractivity contribution in [3.63, 3.8) is 0 Å². The molecule has 0 radical (unpaired) electrons. The van der Waals surface area contributed by atoms with Crippen LogP contribution in [-0.2, 0) is 25.1 Å². The lowest BCUT2D eigenvalue weighted by Gasteiger charge is -2.38. The second-order valence-corrected chi connectivity index (χ2v) is 12.4. The fraction of sp³-hybridized carbons (Fsp3) is 0.550. The molecule has 1 saturated heterocycles. The summed E-state index contributed by atoms with van der Waals surface area (Å²) in [5.74, 6) is 0.650. The lowest BCUT2D eigenvalue weighted by atomic mass is 9.82. The van der Waals surface area contributed by atoms with Gasteiger partial charge in [0, 0.05) is 12.0 Å². The Bertz CT molecular complexity index is 616. The highest BCUT2D eigenvalue weighted by molar-refractivity contribution is 6.70. The van der Waals surface area contributed by atoms with Gasteiger partial charge in [-0.25, -0.2) is 0 Å². The van der Waals surface area contributed by atoms with Gasteiger partial charge in [0.15, 0.2) is 0 Å². The van der Waals surface area contributed by atoms with Crippen LogP contribution in [0.3, 0.4) is 0 Å². The molecule has 0 aromatic heterocycles. The highest BCUT2D eigenvalue weighted by Gasteiger charge is 2.44. The Hall–Kier alpha value is -1.75. The molecule has 0 amide bonds. The molecule has 0 aliphatic carbocycles. The van der Waals surface area contributed by atoms with E-state index in [0.717, 1.165) is 5.57 Å². The zero-order valence-corrected chi connectivity index (χ0v) is 17.2. The van der Waals surface area contributed by atoms with Crippen LogP contribution in [0.25, 0.3) is 0 Å². The van der Waals surface area contributed by atoms with Crippen molar-refractivity contribution in [2.24, 2.45) is 11.8 Å². The number of carbonyl (C=O) groups excluding carboxylic acids is 1. The molecule has 0 spiro atoms. The number of allylic oxidation sites excluding steroid dienone is 1. The summed E-state index contributed by atoms with van der Waals surface area (Å²) in [6.07, 6.45) is 1.30. The van der Waals surface area contributed by atoms with Crippen LogP contribution in [0.15, 0.2) is 41.9 Å². The average Bonchev–Trinajstić information content (AvgIpc) is 2.54. The predicted molar refractivity (Wildman–Crippen MR) is 101 cm³/mol. The highest BCUT2D eigenvalue weighted by atomic mass is 28.4. The van der Waals surface area contributed by atoms with Crippen LogP contribution in [0.5, 0.6) is 0 Å². The van der Waals surface area contributed by atoms with Crippen molar-refractivity contribution in [2.75, 3.05) is 7.11 Å². The highest BCUT2D eigenvalue weighted by Crippen LogP contribution is 2.35. The number of hydrogen-bond acceptors (Lipinski definition) is 4. The smallest absolute Gasteiger partial charge is 0.313 e. The minimum Gasteiger partial charge on any atom is -0.520 e. The zero-order valence-electron chi connectivity index (χ0n) is 16.2. The molecule has 25 heavy (non-hydrogen) atoms. The molecule has 1 aromatic rings. The van der Waals surface area contributed by atoms with Gasteiger partial charge in [0.25, 0.3) is 5.95 Å². The number of methoxy groups -OCH3 is 1. The molecule has 0 N–H and O–H groups in total. The first-order valence-electron chi connectivity index (χ1n) is 8.90. The molecule has 1 aliphatic rings. The number of cyclic esters (lactones) is 1. The largest absolute Gasteiger partial charge is 0.520 e. The van der Waals surface area contributed by atoms with Crippen LogP contribution in [0, 0.1) is 11.8 Å². The van der Waals surface area contributed by atoms with E-state index < -0.39 is 8.32 Å². The van der Waals surface area contributed by atoms with Crippen molar-refractivity contribution >= 4 is 14.3 Å². The first-order chi connectivity index (χ1) is 11.7. The summed E-state index contributed by atoms with van der Waals surface area (Å²) < 4.78 is 17.1. The van der Waals surface area contributed by atoms with Crippen LogP contribution >= 0.6 is 0 Å². The van der Waals surface area contributed by atoms with Crippen molar-refractivity contribution in [1.82, 2.24) is 0 Å². The van der Waals surface area contributed by atoms with E-state index in [1.165, 1.54) is 5.56 Å². The summed E-state index contributed by atoms with van der Waals surface area (Å²) in [5, 5.41) is 0. The summed E-state index contributed by atoms with van der Waals surface area (Å²) in [6.45, 7) is 10.5. The molecular weight excluding hydrogens is 332 g/mol. The molecule has 2 atom stereocenters. The van der Waals surface area contributed by atoms with Crippen LogP contribution in [0.2, 0.25) is 19.6 Å². The van der Waals surface area contributed by atoms with E-state index in [-0.39, 0.29) is 18.0 Å². The maximum absolute atomic E-state index is 12.0. The van der Waals surface area contributed by atoms with Gasteiger partial charge in [-0.3, -0.25) is 4.79 Å². The van der Waals surface area contributed by atoms with E-state index in [9.17, 15) is 4.79 Å². The Labute approximate surface area is 152 Å². The summed E-state index contributed by atoms with van der Waals surface area (Å²) >= 11 is 0. The van der Waals surface area contributed by atoms with Crippen molar-refractivity contribution in [2.45, 2.75) is 52.4 Å². The van der Waals surface area contributed by atoms with E-state index >= 15 is 0 Å². The molecule has 138 valence electrons. The normalized spacial score (nSPS) is 21.3. The van der Waals surface area contributed by atoms with E-state index in [2.05, 4.69) is 45.6 Å². The number of ether oxygens (including phenoxy) is 2. The molecule has 0 bridgehead atoms. The number of hydrogen-bond donors (Lipinski definition) is 0. The third-order valence-electron chi connectivity index (χ3n) is 4.21. The van der Waals surface area contributed by atoms with Crippen LogP contribution in [0.4, 0.5) is 0 Å². The number of benzene rings is 1. The van der Waals surface area contributed by atoms with Crippen LogP contribution in [0.1, 0.15) is 25.8 Å². The van der Waals surface area contributed by atoms with E-state index in [1.54, 1.807) is 7.11 Å². The van der Waals surface area contributed by atoms with Gasteiger partial charge >= 0.3 is 5.97 Å². The van der Waals surface area contributed by atoms with Gasteiger partial charge in [-0.1, -0.05) is 44.2 Å². The fourth-order valence-electron chi connectivity index (χ4n) is 3.04. The Balaban J connectivity index is 2.29. The third kappa shape index (κ3) is 5.36. The maximum Gasteiger partial charge on any atom is 0.313 e. The lowest BCUT2D eigenvalue weighted by molar-refractivity contribution is -0.190. The standard InChI is InChI=1S/C20H30O4Si/c1-14(2)18-17(19(21)23-18)13-16(12-15-10-8-7-9-11-15)20(22-3)24-25(4,5)6/h7-11,14,17-18H,12-13H2,1-6H3/b20-16-/t17-,18-/m0/s1. The number of esters is 1. The molecule has 0 saturated carbocycles. The molecular formula is C20H30O4Si. The van der Waals surface area contributed by atoms with Crippen molar-refractivity contribution in [3.05, 3.63) is 47.4 Å². The molecule has 5 heteroatoms. The molecule has 1 fully saturated rings. The Morgan fingerprint density at radius 2 is 1.84 bits per heavy atom. The average molecular weight is 363 g/mol. The molecule has 1 aliphatic heterocycles. The Kier molecular flexibility index (Phi) is 6.33. The van der Waals surface area contributed by atoms with Gasteiger partial charge in [-0.2, -0.15) is 0 Å². The minimum absolute atomic E-state index is 0.0248. The second-order valence-electron chi connectivity index (χ2n) is 7.93. The summed E-state index contributed by atoms with van der Waals surface area (Å²) in [7, 11) is -0.181. The lowest BCUT2D eigenvalue weighted by Crippen LogP contribution is -2.48. The quantitative estimate of drug-likeness (QED) is 0.387. The topological polar surface area (TPSA) is 44.8 Å². The number of rotatable bonds is 8. The fourth-order valence-corrected chi connectivity index (χ4v) is 3.82. The van der Waals surface area contributed by atoms with Crippen molar-refractivity contribution in [3.8, 4) is 0 Å². The van der Waals surface area contributed by atoms with E-state index in [4.69, 9.17) is 13.9 Å². The first-order valence-corrected chi connectivity index (χ1v) is 12.3. The second kappa shape index (κ2) is 8.08. The minimum atomic E-state index is -1.82. The molecule has 4 nitrogen and oxygen atoms in total. The van der Waals surface area contributed by atoms with E-state index in [0.29, 0.717) is 24.7 Å². The summed E-state index contributed by atoms with van der Waals surface area (Å²) in [6, 6.07) is 10.2. The van der Waals surface area contributed by atoms with Gasteiger partial charge < -0.3 is 13.9 Å². The van der Waals surface area contributed by atoms with Gasteiger partial charge in [0.05, 0.1) is 13.0 Å². The van der Waals surface area contributed by atoms with Crippen LogP contribution in [-0.4, -0.2) is 27.5 Å². The van der Waals surface area contributed by atoms with Crippen LogP contribution < -0.4 is 0 Å². The predicted octanol–water partition coefficient (Wildman–Crippen LogP) is 4.53. The summed E-state index contributed by atoms with van der Waals surface area (Å²) in [5.41, 5.74) is 2.21. The van der Waals surface area contributed by atoms with Crippen molar-refractivity contribution in [1.29, 1.82) is 0 Å². The Morgan fingerprint density at radius 3 is 2.32 bits per heavy atom.